The topological polar surface area (TPSA) is 89.5 Å². The number of halogens is 1. The molecule has 2 rings (SSSR count). The van der Waals surface area contributed by atoms with Crippen LogP contribution in [0.4, 0.5) is 10.1 Å². The number of amides is 1. The number of nitrogens with one attached hydrogen (secondary N) is 1. The molecule has 0 spiro atoms. The van der Waals surface area contributed by atoms with E-state index in [-0.39, 0.29) is 11.3 Å². The molecular weight excluding hydrogens is 265 g/mol. The standard InChI is InChI=1S/C14H10FNO4/c15-11-4-2-1-3-9(11)13(18)16-8-5-6-10(14(19)20)12(17)7-8/h1-7,17H,(H,16,18)(H,19,20)/p-1. The minimum absolute atomic E-state index is 0.105. The zero-order valence-electron chi connectivity index (χ0n) is 10.1. The highest BCUT2D eigenvalue weighted by molar-refractivity contribution is 6.04. The number of rotatable bonds is 3. The number of carboxylic acids is 1. The lowest BCUT2D eigenvalue weighted by atomic mass is 10.1. The summed E-state index contributed by atoms with van der Waals surface area (Å²) in [4.78, 5) is 22.5. The van der Waals surface area contributed by atoms with Crippen molar-refractivity contribution in [2.24, 2.45) is 0 Å². The fraction of sp³-hybridized carbons (Fsp3) is 0. The van der Waals surface area contributed by atoms with Crippen molar-refractivity contribution in [3.63, 3.8) is 0 Å². The molecule has 102 valence electrons. The molecule has 0 heterocycles. The van der Waals surface area contributed by atoms with E-state index in [9.17, 15) is 19.1 Å². The Morgan fingerprint density at radius 2 is 1.80 bits per heavy atom. The molecule has 0 atom stereocenters. The van der Waals surface area contributed by atoms with E-state index in [0.29, 0.717) is 0 Å². The third kappa shape index (κ3) is 2.74. The van der Waals surface area contributed by atoms with Crippen molar-refractivity contribution in [1.29, 1.82) is 0 Å². The molecule has 0 saturated carbocycles. The molecule has 2 aromatic rings. The number of aromatic carboxylic acids is 1. The molecule has 0 radical (unpaired) electrons. The first kappa shape index (κ1) is 13.5. The van der Waals surface area contributed by atoms with E-state index < -0.39 is 29.0 Å². The number of carboxylic acid groups (broad SMARTS) is 1. The van der Waals surface area contributed by atoms with Crippen LogP contribution >= 0.6 is 0 Å². The van der Waals surface area contributed by atoms with Crippen molar-refractivity contribution in [1.82, 2.24) is 0 Å². The molecule has 6 heteroatoms. The zero-order chi connectivity index (χ0) is 14.7. The lowest BCUT2D eigenvalue weighted by molar-refractivity contribution is -0.268. The predicted octanol–water partition coefficient (Wildman–Crippen LogP) is 1.85. The van der Waals surface area contributed by atoms with Gasteiger partial charge in [-0.15, -0.1) is 0 Å². The SMILES string of the molecule is O=C(O)c1ccc(NC(=O)c2ccccc2F)cc1[O-]. The van der Waals surface area contributed by atoms with E-state index in [2.05, 4.69) is 5.32 Å². The van der Waals surface area contributed by atoms with Gasteiger partial charge in [0.1, 0.15) is 5.82 Å². The lowest BCUT2D eigenvalue weighted by Gasteiger charge is -2.13. The van der Waals surface area contributed by atoms with Crippen molar-refractivity contribution in [2.45, 2.75) is 0 Å². The Labute approximate surface area is 113 Å². The van der Waals surface area contributed by atoms with Gasteiger partial charge in [-0.25, -0.2) is 9.18 Å². The molecule has 0 bridgehead atoms. The molecule has 5 nitrogen and oxygen atoms in total. The molecule has 0 unspecified atom stereocenters. The highest BCUT2D eigenvalue weighted by Crippen LogP contribution is 2.20. The van der Waals surface area contributed by atoms with Crippen LogP contribution in [-0.2, 0) is 0 Å². The van der Waals surface area contributed by atoms with Gasteiger partial charge in [0.25, 0.3) is 5.91 Å². The van der Waals surface area contributed by atoms with Crippen LogP contribution in [0.1, 0.15) is 20.7 Å². The quantitative estimate of drug-likeness (QED) is 0.893. The fourth-order valence-corrected chi connectivity index (χ4v) is 1.62. The Hall–Kier alpha value is -2.89. The van der Waals surface area contributed by atoms with Crippen LogP contribution in [-0.4, -0.2) is 17.0 Å². The first-order chi connectivity index (χ1) is 9.49. The van der Waals surface area contributed by atoms with Crippen LogP contribution in [0.2, 0.25) is 0 Å². The molecule has 0 aliphatic heterocycles. The van der Waals surface area contributed by atoms with Gasteiger partial charge in [-0.2, -0.15) is 0 Å². The van der Waals surface area contributed by atoms with Gasteiger partial charge in [-0.1, -0.05) is 17.9 Å². The second kappa shape index (κ2) is 5.40. The van der Waals surface area contributed by atoms with Gasteiger partial charge in [-0.05, 0) is 30.3 Å². The van der Waals surface area contributed by atoms with Crippen molar-refractivity contribution < 1.29 is 24.2 Å². The number of carbonyl (C=O) groups is 2. The first-order valence-electron chi connectivity index (χ1n) is 5.59. The van der Waals surface area contributed by atoms with Gasteiger partial charge in [0.2, 0.25) is 0 Å². The molecule has 2 N–H and O–H groups in total. The predicted molar refractivity (Wildman–Crippen MR) is 67.2 cm³/mol. The first-order valence-corrected chi connectivity index (χ1v) is 5.59. The van der Waals surface area contributed by atoms with E-state index in [4.69, 9.17) is 5.11 Å². The van der Waals surface area contributed by atoms with E-state index >= 15 is 0 Å². The molecule has 0 aliphatic rings. The van der Waals surface area contributed by atoms with Crippen LogP contribution in [0.3, 0.4) is 0 Å². The van der Waals surface area contributed by atoms with Crippen LogP contribution in [0.5, 0.6) is 5.75 Å². The highest BCUT2D eigenvalue weighted by atomic mass is 19.1. The summed E-state index contributed by atoms with van der Waals surface area (Å²) in [6, 6.07) is 8.72. The summed E-state index contributed by atoms with van der Waals surface area (Å²) in [6.45, 7) is 0. The molecule has 1 amide bonds. The van der Waals surface area contributed by atoms with Gasteiger partial charge in [0, 0.05) is 5.69 Å². The number of hydrogen-bond acceptors (Lipinski definition) is 3. The molecular formula is C14H9FNO4-. The van der Waals surface area contributed by atoms with E-state index in [1.807, 2.05) is 0 Å². The summed E-state index contributed by atoms with van der Waals surface area (Å²) in [5, 5.41) is 22.5. The van der Waals surface area contributed by atoms with Crippen molar-refractivity contribution >= 4 is 17.6 Å². The largest absolute Gasteiger partial charge is 0.872 e. The number of hydrogen-bond donors (Lipinski definition) is 2. The summed E-state index contributed by atoms with van der Waals surface area (Å²) >= 11 is 0. The van der Waals surface area contributed by atoms with Gasteiger partial charge >= 0.3 is 5.97 Å². The van der Waals surface area contributed by atoms with Gasteiger partial charge in [0.05, 0.1) is 11.1 Å². The second-order valence-corrected chi connectivity index (χ2v) is 3.95. The summed E-state index contributed by atoms with van der Waals surface area (Å²) < 4.78 is 13.4. The Bertz CT molecular complexity index is 685. The Morgan fingerprint density at radius 1 is 1.10 bits per heavy atom. The summed E-state index contributed by atoms with van der Waals surface area (Å²) in [7, 11) is 0. The smallest absolute Gasteiger partial charge is 0.335 e. The van der Waals surface area contributed by atoms with Gasteiger partial charge in [-0.3, -0.25) is 4.79 Å². The third-order valence-electron chi connectivity index (χ3n) is 2.59. The Kier molecular flexibility index (Phi) is 3.65. The monoisotopic (exact) mass is 274 g/mol. The molecule has 0 saturated heterocycles. The normalized spacial score (nSPS) is 10.1. The van der Waals surface area contributed by atoms with Crippen molar-refractivity contribution in [3.05, 3.63) is 59.4 Å². The van der Waals surface area contributed by atoms with Crippen molar-refractivity contribution in [3.8, 4) is 5.75 Å². The van der Waals surface area contributed by atoms with Gasteiger partial charge in [0.15, 0.2) is 0 Å². The Morgan fingerprint density at radius 3 is 2.40 bits per heavy atom. The average molecular weight is 274 g/mol. The van der Waals surface area contributed by atoms with Crippen LogP contribution < -0.4 is 10.4 Å². The molecule has 0 fully saturated rings. The minimum Gasteiger partial charge on any atom is -0.872 e. The van der Waals surface area contributed by atoms with Gasteiger partial charge < -0.3 is 15.5 Å². The minimum atomic E-state index is -1.35. The van der Waals surface area contributed by atoms with E-state index in [1.165, 1.54) is 24.3 Å². The zero-order valence-corrected chi connectivity index (χ0v) is 10.1. The third-order valence-corrected chi connectivity index (χ3v) is 2.59. The summed E-state index contributed by atoms with van der Waals surface area (Å²) in [6.07, 6.45) is 0. The molecule has 20 heavy (non-hydrogen) atoms. The molecule has 0 aliphatic carbocycles. The molecule has 2 aromatic carbocycles. The van der Waals surface area contributed by atoms with Crippen LogP contribution in [0.15, 0.2) is 42.5 Å². The fourth-order valence-electron chi connectivity index (χ4n) is 1.62. The Balaban J connectivity index is 2.23. The summed E-state index contributed by atoms with van der Waals surface area (Å²) in [5.41, 5.74) is -0.454. The van der Waals surface area contributed by atoms with Crippen LogP contribution in [0, 0.1) is 5.82 Å². The number of carbonyl (C=O) groups excluding carboxylic acids is 1. The number of benzene rings is 2. The van der Waals surface area contributed by atoms with E-state index in [0.717, 1.165) is 18.2 Å². The second-order valence-electron chi connectivity index (χ2n) is 3.95. The summed E-state index contributed by atoms with van der Waals surface area (Å²) in [5.74, 6) is -3.48. The highest BCUT2D eigenvalue weighted by Gasteiger charge is 2.11. The number of anilines is 1. The maximum atomic E-state index is 13.4. The van der Waals surface area contributed by atoms with Crippen LogP contribution in [0.25, 0.3) is 0 Å². The lowest BCUT2D eigenvalue weighted by Crippen LogP contribution is -2.14. The van der Waals surface area contributed by atoms with E-state index in [1.54, 1.807) is 0 Å². The maximum absolute atomic E-state index is 13.4. The molecule has 0 aromatic heterocycles. The maximum Gasteiger partial charge on any atom is 0.335 e. The average Bonchev–Trinajstić information content (AvgIpc) is 2.38. The van der Waals surface area contributed by atoms with Crippen molar-refractivity contribution in [2.75, 3.05) is 5.32 Å².